The van der Waals surface area contributed by atoms with Crippen LogP contribution < -0.4 is 32.1 Å². The fourth-order valence-electron chi connectivity index (χ4n) is 14.3. The number of unbranched alkanes of at least 4 members (excludes halogenated alkanes) is 2. The van der Waals surface area contributed by atoms with Gasteiger partial charge in [0.25, 0.3) is 45.0 Å². The van der Waals surface area contributed by atoms with Crippen molar-refractivity contribution < 1.29 is 104 Å². The molecule has 0 aliphatic carbocycles. The van der Waals surface area contributed by atoms with Crippen molar-refractivity contribution in [2.75, 3.05) is 38.7 Å². The maximum Gasteiger partial charge on any atom is 0.271 e. The third-order valence-electron chi connectivity index (χ3n) is 22.7. The fourth-order valence-corrected chi connectivity index (χ4v) is 15.3. The SMILES string of the molecule is C=CCn1c(O)c(N=Nc2cc([N+](=O)[O-])ccc2O)c(C)c(C#N)c1=O.CCCCn1c(O)c(N=Nc2cc([N+](=O)[O-])ccc2O)c(C)c(C#N)c1=O.CCCCn1c(O)c(N=Nc2cc([N+](=O)[O-])ccc2O)c(C)c(C#N)c1=O.CC[NH+](CC)CC.CN(/N=C/C1=[N+](C)c2ccccc2C1(C)C)c1ccccc1Sc1ccccc1.Cc1c(N=Nc2cc([N+](=O)[O-])ccc2O)c(O)n(Cc2ccccc2)c(=O)c1C#N.[Co].[Co]. The van der Waals surface area contributed by atoms with Gasteiger partial charge in [0.05, 0.1) is 57.0 Å². The molecule has 148 heavy (non-hydrogen) atoms. The van der Waals surface area contributed by atoms with Gasteiger partial charge in [0.1, 0.15) is 106 Å². The van der Waals surface area contributed by atoms with Gasteiger partial charge in [-0.05, 0) is 129 Å². The van der Waals surface area contributed by atoms with Crippen LogP contribution in [-0.4, -0.2) is 129 Å². The third kappa shape index (κ3) is 29.2. The molecule has 0 bridgehead atoms. The topological polar surface area (TPSA) is 639 Å². The van der Waals surface area contributed by atoms with Crippen LogP contribution in [0.25, 0.3) is 0 Å². The number of anilines is 1. The van der Waals surface area contributed by atoms with Crippen LogP contribution in [0.4, 0.5) is 79.6 Å². The first kappa shape index (κ1) is 119. The maximum absolute atomic E-state index is 12.6. The Morgan fingerprint density at radius 1 is 0.453 bits per heavy atom. The number of hydrogen-bond donors (Lipinski definition) is 9. The number of azo groups is 4. The van der Waals surface area contributed by atoms with E-state index in [1.165, 1.54) is 80.2 Å². The minimum Gasteiger partial charge on any atom is -0.506 e. The second kappa shape index (κ2) is 55.7. The summed E-state index contributed by atoms with van der Waals surface area (Å²) in [6.07, 6.45) is 6.09. The number of quaternary nitrogens is 1. The summed E-state index contributed by atoms with van der Waals surface area (Å²) < 4.78 is 6.20. The number of aromatic hydroxyl groups is 8. The van der Waals surface area contributed by atoms with Crippen molar-refractivity contribution in [2.24, 2.45) is 46.0 Å². The van der Waals surface area contributed by atoms with E-state index in [2.05, 4.69) is 167 Å². The van der Waals surface area contributed by atoms with Crippen molar-refractivity contribution in [1.29, 1.82) is 21.0 Å². The summed E-state index contributed by atoms with van der Waals surface area (Å²) in [5, 5.41) is 199. The molecule has 13 rings (SSSR count). The van der Waals surface area contributed by atoms with Gasteiger partial charge in [-0.3, -0.25) is 82.9 Å². The van der Waals surface area contributed by atoms with Crippen molar-refractivity contribution in [1.82, 2.24) is 18.3 Å². The average molecular weight is 2120 g/mol. The summed E-state index contributed by atoms with van der Waals surface area (Å²) >= 11 is 1.76. The summed E-state index contributed by atoms with van der Waals surface area (Å²) in [5.74, 6) is -3.40. The van der Waals surface area contributed by atoms with E-state index < -0.39 is 65.5 Å². The van der Waals surface area contributed by atoms with Crippen molar-refractivity contribution in [3.05, 3.63) is 332 Å². The van der Waals surface area contributed by atoms with Crippen LogP contribution in [0.15, 0.2) is 270 Å². The Morgan fingerprint density at radius 3 is 1.10 bits per heavy atom. The Balaban J connectivity index is 0.000000277. The number of nitro groups is 4. The molecule has 44 nitrogen and oxygen atoms in total. The largest absolute Gasteiger partial charge is 0.506 e. The zero-order valence-electron chi connectivity index (χ0n) is 82.3. The molecule has 0 amide bonds. The molecule has 0 spiro atoms. The van der Waals surface area contributed by atoms with E-state index in [9.17, 15) is 122 Å². The molecule has 0 atom stereocenters. The summed E-state index contributed by atoms with van der Waals surface area (Å²) in [6.45, 7) is 28.3. The van der Waals surface area contributed by atoms with Gasteiger partial charge in [-0.1, -0.05) is 123 Å². The first-order valence-corrected chi connectivity index (χ1v) is 45.7. The number of benzene rings is 8. The summed E-state index contributed by atoms with van der Waals surface area (Å²) in [5.41, 5.74) is -0.0945. The van der Waals surface area contributed by atoms with Crippen LogP contribution in [0.5, 0.6) is 46.5 Å². The number of fused-ring (bicyclic) bond motifs is 1. The van der Waals surface area contributed by atoms with Crippen molar-refractivity contribution in [3.63, 3.8) is 0 Å². The molecule has 9 N–H and O–H groups in total. The van der Waals surface area contributed by atoms with E-state index in [0.29, 0.717) is 18.4 Å². The van der Waals surface area contributed by atoms with Crippen molar-refractivity contribution in [3.8, 4) is 70.8 Å². The Hall–Kier alpha value is -17.9. The number of para-hydroxylation sites is 2. The van der Waals surface area contributed by atoms with Crippen LogP contribution in [0, 0.1) is 113 Å². The number of phenolic OH excluding ortho intramolecular Hbond substituents is 4. The zero-order chi connectivity index (χ0) is 108. The number of hydrogen-bond acceptors (Lipinski definition) is 35. The molecule has 8 aromatic carbocycles. The first-order chi connectivity index (χ1) is 69.6. The van der Waals surface area contributed by atoms with Gasteiger partial charge >= 0.3 is 0 Å². The number of pyridine rings is 4. The zero-order valence-corrected chi connectivity index (χ0v) is 85.2. The summed E-state index contributed by atoms with van der Waals surface area (Å²) in [4.78, 5) is 94.4. The maximum atomic E-state index is 12.6. The van der Waals surface area contributed by atoms with Crippen molar-refractivity contribution >= 4 is 103 Å². The minimum absolute atomic E-state index is 0. The van der Waals surface area contributed by atoms with Gasteiger partial charge in [-0.2, -0.15) is 30.7 Å². The fraction of sp³-hybridized carbons (Fsp3) is 0.248. The van der Waals surface area contributed by atoms with Crippen LogP contribution in [0.3, 0.4) is 0 Å². The molecule has 0 saturated carbocycles. The van der Waals surface area contributed by atoms with Crippen LogP contribution in [0.1, 0.15) is 130 Å². The Kier molecular flexibility index (Phi) is 44.7. The predicted molar refractivity (Wildman–Crippen MR) is 545 cm³/mol. The molecule has 1 aliphatic heterocycles. The van der Waals surface area contributed by atoms with Gasteiger partial charge in [0.2, 0.25) is 34.9 Å². The number of phenols is 4. The standard InChI is InChI=1S/C25H26N3S.C20H15N5O5.2C17H17N5O5.C16H13N5O5.C6H15N.2Co/c1-25(2)20-14-8-9-15-21(20)27(3)24(25)18-26-28(4)22-16-10-11-17-23(22)29-19-12-6-5-7-13-19;1-12-15(10-21)19(27)24(11-13-5-3-2-4-6-13)20(28)18(12)23-22-16-9-14(25(29)30)7-8-17(16)26;2*1-3-4-7-21-16(24)12(9-18)10(2)15(17(21)25)20-19-13-8-11(22(26)27)5-6-14(13)23;1-3-6-20-15(23)11(8-17)9(2)14(16(20)24)19-18-12-7-10(21(25)26)4-5-13(12)22;1-4-7(5-2)6-3;;/h5-18H,1-4H3;2-9,26,28H,11H2,1H3;2*5-6,8,23,25H,3-4,7H2,1-2H3;3-5,7,22,24H,1,6H2,2H3;4-6H2,1-3H3;;/q+1;;;;;;;/p+1. The molecule has 0 unspecified atom stereocenters. The molecule has 770 valence electrons. The van der Waals surface area contributed by atoms with E-state index >= 15 is 0 Å². The van der Waals surface area contributed by atoms with Gasteiger partial charge in [-0.15, -0.1) is 47.5 Å². The second-order valence-corrected chi connectivity index (χ2v) is 33.5. The summed E-state index contributed by atoms with van der Waals surface area (Å²) in [7, 11) is 4.13. The molecule has 0 saturated heterocycles. The van der Waals surface area contributed by atoms with Crippen LogP contribution in [-0.2, 0) is 65.2 Å². The second-order valence-electron chi connectivity index (χ2n) is 32.4. The first-order valence-electron chi connectivity index (χ1n) is 44.9. The van der Waals surface area contributed by atoms with Gasteiger partial charge in [0.15, 0.2) is 22.7 Å². The van der Waals surface area contributed by atoms with Crippen LogP contribution >= 0.6 is 11.8 Å². The number of nitriles is 4. The third-order valence-corrected chi connectivity index (χ3v) is 23.8. The number of hydrazone groups is 1. The number of nitro benzene ring substituents is 4. The van der Waals surface area contributed by atoms with E-state index in [-0.39, 0.29) is 201 Å². The molecular weight excluding hydrogens is 2020 g/mol. The van der Waals surface area contributed by atoms with Gasteiger partial charge < -0.3 is 45.8 Å². The molecule has 47 heteroatoms. The molecular formula is C101H104Co2N24O20S+2. The Morgan fingerprint density at radius 2 is 0.770 bits per heavy atom. The smallest absolute Gasteiger partial charge is 0.271 e. The van der Waals surface area contributed by atoms with Crippen LogP contribution in [0.2, 0.25) is 0 Å². The van der Waals surface area contributed by atoms with Gasteiger partial charge in [0, 0.05) is 152 Å². The number of allylic oxidation sites excluding steroid dienone is 1. The normalized spacial score (nSPS) is 11.4. The molecule has 12 aromatic rings. The molecule has 5 heterocycles. The minimum atomic E-state index is -0.709. The summed E-state index contributed by atoms with van der Waals surface area (Å²) in [6, 6.07) is 56.2. The average Bonchev–Trinajstić information content (AvgIpc) is 1.59. The number of aromatic nitrogens is 4. The number of rotatable bonds is 30. The molecule has 0 fully saturated rings. The molecule has 2 radical (unpaired) electrons. The van der Waals surface area contributed by atoms with Gasteiger partial charge in [-0.25, -0.2) is 0 Å². The Labute approximate surface area is 871 Å². The molecule has 1 aliphatic rings. The number of nitrogens with one attached hydrogen (secondary N) is 1. The van der Waals surface area contributed by atoms with E-state index in [1.807, 2.05) is 38.2 Å². The van der Waals surface area contributed by atoms with E-state index in [4.69, 9.17) is 5.10 Å². The van der Waals surface area contributed by atoms with Crippen molar-refractivity contribution in [2.45, 2.75) is 143 Å². The monoisotopic (exact) mass is 2120 g/mol. The van der Waals surface area contributed by atoms with E-state index in [1.54, 1.807) is 71.3 Å². The number of nitrogens with zero attached hydrogens (tertiary/aromatic N) is 23. The quantitative estimate of drug-likeness (QED) is 0.00504. The number of non-ortho nitro benzene ring substituents is 4. The predicted octanol–water partition coefficient (Wildman–Crippen LogP) is 19.8. The Bertz CT molecular complexity index is 7420. The molecule has 4 aromatic heterocycles. The van der Waals surface area contributed by atoms with E-state index in [0.717, 1.165) is 110 Å².